The molecule has 2 aromatic rings. The van der Waals surface area contributed by atoms with Gasteiger partial charge in [-0.15, -0.1) is 11.6 Å². The topological polar surface area (TPSA) is 9.23 Å². The molecular weight excluding hydrogens is 244 g/mol. The number of hydrogen-bond donors (Lipinski definition) is 0. The molecule has 0 amide bonds. The molecule has 2 rings (SSSR count). The summed E-state index contributed by atoms with van der Waals surface area (Å²) in [6.07, 6.45) is 0.128. The van der Waals surface area contributed by atoms with Crippen LogP contribution in [0.1, 0.15) is 19.4 Å². The van der Waals surface area contributed by atoms with E-state index < -0.39 is 0 Å². The van der Waals surface area contributed by atoms with Crippen molar-refractivity contribution in [2.24, 2.45) is 0 Å². The standard InChI is InChI=1S/C16H15ClO/c1-12(2)18-16-10-9-13-6-3-4-7-14(13)15(16)8-5-11-17/h3-4,6-7,9-10,12H,11H2,1-2H3. The van der Waals surface area contributed by atoms with Crippen LogP contribution in [0.2, 0.25) is 0 Å². The summed E-state index contributed by atoms with van der Waals surface area (Å²) in [4.78, 5) is 0. The van der Waals surface area contributed by atoms with E-state index in [1.165, 1.54) is 0 Å². The van der Waals surface area contributed by atoms with Gasteiger partial charge < -0.3 is 4.74 Å². The minimum atomic E-state index is 0.128. The second-order valence-corrected chi connectivity index (χ2v) is 4.53. The lowest BCUT2D eigenvalue weighted by Gasteiger charge is -2.13. The number of ether oxygens (including phenoxy) is 1. The quantitative estimate of drug-likeness (QED) is 0.579. The number of hydrogen-bond acceptors (Lipinski definition) is 1. The zero-order valence-electron chi connectivity index (χ0n) is 10.5. The maximum Gasteiger partial charge on any atom is 0.135 e. The van der Waals surface area contributed by atoms with E-state index in [0.717, 1.165) is 22.1 Å². The second kappa shape index (κ2) is 5.80. The van der Waals surface area contributed by atoms with E-state index in [2.05, 4.69) is 30.0 Å². The van der Waals surface area contributed by atoms with Crippen LogP contribution in [0.4, 0.5) is 0 Å². The van der Waals surface area contributed by atoms with Crippen LogP contribution in [-0.4, -0.2) is 12.0 Å². The Labute approximate surface area is 113 Å². The van der Waals surface area contributed by atoms with Gasteiger partial charge in [0.15, 0.2) is 0 Å². The molecule has 0 aliphatic rings. The van der Waals surface area contributed by atoms with Gasteiger partial charge in [0.05, 0.1) is 17.5 Å². The normalized spacial score (nSPS) is 10.2. The lowest BCUT2D eigenvalue weighted by atomic mass is 10.0. The number of benzene rings is 2. The first-order valence-electron chi connectivity index (χ1n) is 5.95. The molecule has 18 heavy (non-hydrogen) atoms. The smallest absolute Gasteiger partial charge is 0.135 e. The molecule has 0 saturated carbocycles. The summed E-state index contributed by atoms with van der Waals surface area (Å²) in [5, 5.41) is 2.26. The Morgan fingerprint density at radius 1 is 1.17 bits per heavy atom. The van der Waals surface area contributed by atoms with Gasteiger partial charge >= 0.3 is 0 Å². The monoisotopic (exact) mass is 258 g/mol. The third kappa shape index (κ3) is 2.78. The Kier molecular flexibility index (Phi) is 4.12. The van der Waals surface area contributed by atoms with Gasteiger partial charge in [-0.25, -0.2) is 0 Å². The van der Waals surface area contributed by atoms with Crippen molar-refractivity contribution in [3.63, 3.8) is 0 Å². The molecule has 0 aliphatic heterocycles. The molecule has 92 valence electrons. The molecule has 2 heteroatoms. The van der Waals surface area contributed by atoms with Crippen molar-refractivity contribution < 1.29 is 4.74 Å². The third-order valence-electron chi connectivity index (χ3n) is 2.53. The number of halogens is 1. The van der Waals surface area contributed by atoms with Gasteiger partial charge in [0.2, 0.25) is 0 Å². The molecule has 0 spiro atoms. The van der Waals surface area contributed by atoms with Crippen LogP contribution >= 0.6 is 11.6 Å². The van der Waals surface area contributed by atoms with E-state index in [9.17, 15) is 0 Å². The largest absolute Gasteiger partial charge is 0.490 e. The summed E-state index contributed by atoms with van der Waals surface area (Å²) in [5.74, 6) is 7.15. The van der Waals surface area contributed by atoms with E-state index in [4.69, 9.17) is 16.3 Å². The highest BCUT2D eigenvalue weighted by Gasteiger charge is 2.07. The van der Waals surface area contributed by atoms with Crippen molar-refractivity contribution in [3.8, 4) is 17.6 Å². The molecule has 0 radical (unpaired) electrons. The third-order valence-corrected chi connectivity index (χ3v) is 2.67. The first kappa shape index (κ1) is 12.8. The molecule has 0 aromatic heterocycles. The van der Waals surface area contributed by atoms with Gasteiger partial charge in [-0.05, 0) is 25.3 Å². The highest BCUT2D eigenvalue weighted by atomic mass is 35.5. The van der Waals surface area contributed by atoms with Crippen LogP contribution in [0.25, 0.3) is 10.8 Å². The highest BCUT2D eigenvalue weighted by molar-refractivity contribution is 6.19. The maximum atomic E-state index is 5.80. The van der Waals surface area contributed by atoms with Gasteiger partial charge in [0.1, 0.15) is 5.75 Å². The van der Waals surface area contributed by atoms with Gasteiger partial charge in [-0.3, -0.25) is 0 Å². The molecule has 0 aliphatic carbocycles. The number of alkyl halides is 1. The Balaban J connectivity index is 2.63. The van der Waals surface area contributed by atoms with Crippen molar-refractivity contribution in [1.29, 1.82) is 0 Å². The molecule has 0 heterocycles. The van der Waals surface area contributed by atoms with Crippen molar-refractivity contribution in [2.75, 3.05) is 5.88 Å². The molecular formula is C16H15ClO. The van der Waals surface area contributed by atoms with E-state index in [-0.39, 0.29) is 6.10 Å². The van der Waals surface area contributed by atoms with Crippen molar-refractivity contribution >= 4 is 22.4 Å². The minimum Gasteiger partial charge on any atom is -0.490 e. The van der Waals surface area contributed by atoms with E-state index >= 15 is 0 Å². The Morgan fingerprint density at radius 3 is 2.67 bits per heavy atom. The maximum absolute atomic E-state index is 5.80. The molecule has 0 unspecified atom stereocenters. The first-order chi connectivity index (χ1) is 8.72. The van der Waals surface area contributed by atoms with Gasteiger partial charge in [0, 0.05) is 5.39 Å². The number of fused-ring (bicyclic) bond motifs is 1. The minimum absolute atomic E-state index is 0.128. The summed E-state index contributed by atoms with van der Waals surface area (Å²) in [6, 6.07) is 12.2. The molecule has 0 bridgehead atoms. The highest BCUT2D eigenvalue weighted by Crippen LogP contribution is 2.28. The first-order valence-corrected chi connectivity index (χ1v) is 6.49. The van der Waals surface area contributed by atoms with Crippen molar-refractivity contribution in [2.45, 2.75) is 20.0 Å². The molecule has 0 fully saturated rings. The van der Waals surface area contributed by atoms with Gasteiger partial charge in [0.25, 0.3) is 0 Å². The fraction of sp³-hybridized carbons (Fsp3) is 0.250. The van der Waals surface area contributed by atoms with E-state index in [1.54, 1.807) is 0 Å². The van der Waals surface area contributed by atoms with Crippen LogP contribution in [0.15, 0.2) is 36.4 Å². The van der Waals surface area contributed by atoms with Crippen molar-refractivity contribution in [3.05, 3.63) is 42.0 Å². The summed E-state index contributed by atoms with van der Waals surface area (Å²) in [6.45, 7) is 4.02. The van der Waals surface area contributed by atoms with Gasteiger partial charge in [-0.2, -0.15) is 0 Å². The fourth-order valence-corrected chi connectivity index (χ4v) is 1.92. The predicted octanol–water partition coefficient (Wildman–Crippen LogP) is 4.22. The fourth-order valence-electron chi connectivity index (χ4n) is 1.85. The Hall–Kier alpha value is -1.65. The zero-order valence-corrected chi connectivity index (χ0v) is 11.3. The Morgan fingerprint density at radius 2 is 1.94 bits per heavy atom. The Bertz CT molecular complexity index is 605. The van der Waals surface area contributed by atoms with Crippen LogP contribution in [0.5, 0.6) is 5.75 Å². The van der Waals surface area contributed by atoms with Crippen molar-refractivity contribution in [1.82, 2.24) is 0 Å². The summed E-state index contributed by atoms with van der Waals surface area (Å²) in [7, 11) is 0. The molecule has 2 aromatic carbocycles. The lowest BCUT2D eigenvalue weighted by Crippen LogP contribution is -2.06. The van der Waals surface area contributed by atoms with Crippen LogP contribution in [-0.2, 0) is 0 Å². The summed E-state index contributed by atoms with van der Waals surface area (Å²) >= 11 is 5.65. The second-order valence-electron chi connectivity index (χ2n) is 4.26. The van der Waals surface area contributed by atoms with E-state index in [0.29, 0.717) is 5.88 Å². The lowest BCUT2D eigenvalue weighted by molar-refractivity contribution is 0.242. The van der Waals surface area contributed by atoms with E-state index in [1.807, 2.05) is 32.0 Å². The molecule has 0 saturated heterocycles. The predicted molar refractivity (Wildman–Crippen MR) is 77.3 cm³/mol. The van der Waals surface area contributed by atoms with Crippen LogP contribution < -0.4 is 4.74 Å². The average molecular weight is 259 g/mol. The van der Waals surface area contributed by atoms with Crippen LogP contribution in [0.3, 0.4) is 0 Å². The summed E-state index contributed by atoms with van der Waals surface area (Å²) < 4.78 is 5.80. The van der Waals surface area contributed by atoms with Gasteiger partial charge in [-0.1, -0.05) is 42.2 Å². The molecule has 0 atom stereocenters. The zero-order chi connectivity index (χ0) is 13.0. The van der Waals surface area contributed by atoms with Crippen LogP contribution in [0, 0.1) is 11.8 Å². The average Bonchev–Trinajstić information content (AvgIpc) is 2.37. The number of rotatable bonds is 2. The summed E-state index contributed by atoms with van der Waals surface area (Å²) in [5.41, 5.74) is 0.919. The SMILES string of the molecule is CC(C)Oc1ccc2ccccc2c1C#CCCl. The molecule has 1 nitrogen and oxygen atoms in total. The molecule has 0 N–H and O–H groups in total.